The minimum Gasteiger partial charge on any atom is -0.356 e. The van der Waals surface area contributed by atoms with E-state index in [9.17, 15) is 9.59 Å². The van der Waals surface area contributed by atoms with Crippen LogP contribution in [-0.4, -0.2) is 66.2 Å². The Labute approximate surface area is 148 Å². The molecule has 0 aliphatic carbocycles. The predicted molar refractivity (Wildman–Crippen MR) is 98.2 cm³/mol. The Kier molecular flexibility index (Phi) is 12.6. The fraction of sp³-hybridized carbons (Fsp3) is 0.889. The number of hydrogen-bond acceptors (Lipinski definition) is 2. The summed E-state index contributed by atoms with van der Waals surface area (Å²) >= 11 is 0. The van der Waals surface area contributed by atoms with Gasteiger partial charge < -0.3 is 20.4 Å². The fourth-order valence-electron chi connectivity index (χ4n) is 2.62. The number of nitrogens with one attached hydrogen (secondary N) is 4. The third-order valence-corrected chi connectivity index (χ3v) is 4.25. The standard InChI is InChI=1S/C18H38N4O2/c1-7-16(18(24)20-11-9-13-22(5)6)14-15(2)17(23)19-10-8-12-21(3)4/h15-16H,7-14H2,1-6H3,(H,19,23)(H,20,24)/p+2/t15-,16?/m1/s1. The van der Waals surface area contributed by atoms with Crippen molar-refractivity contribution in [2.75, 3.05) is 54.4 Å². The molecule has 4 N–H and O–H groups in total. The molecule has 6 nitrogen and oxygen atoms in total. The van der Waals surface area contributed by atoms with Gasteiger partial charge in [0.25, 0.3) is 0 Å². The largest absolute Gasteiger partial charge is 0.356 e. The van der Waals surface area contributed by atoms with Crippen molar-refractivity contribution in [1.29, 1.82) is 0 Å². The van der Waals surface area contributed by atoms with Crippen molar-refractivity contribution < 1.29 is 19.4 Å². The zero-order valence-electron chi connectivity index (χ0n) is 16.6. The Morgan fingerprint density at radius 2 is 1.33 bits per heavy atom. The minimum absolute atomic E-state index is 0.0613. The molecule has 0 aromatic carbocycles. The van der Waals surface area contributed by atoms with Crippen molar-refractivity contribution in [2.45, 2.75) is 39.5 Å². The molecule has 0 aromatic heterocycles. The van der Waals surface area contributed by atoms with Gasteiger partial charge in [-0.3, -0.25) is 9.59 Å². The van der Waals surface area contributed by atoms with Gasteiger partial charge in [-0.15, -0.1) is 0 Å². The molecule has 24 heavy (non-hydrogen) atoms. The molecule has 0 bridgehead atoms. The molecule has 2 amide bonds. The summed E-state index contributed by atoms with van der Waals surface area (Å²) in [5, 5.41) is 6.00. The van der Waals surface area contributed by atoms with Gasteiger partial charge in [0.1, 0.15) is 0 Å². The van der Waals surface area contributed by atoms with Crippen LogP contribution in [0.5, 0.6) is 0 Å². The lowest BCUT2D eigenvalue weighted by atomic mass is 9.92. The molecule has 0 spiro atoms. The van der Waals surface area contributed by atoms with Crippen molar-refractivity contribution in [3.05, 3.63) is 0 Å². The van der Waals surface area contributed by atoms with E-state index >= 15 is 0 Å². The SMILES string of the molecule is CCC(C[C@@H](C)C(=O)NCCC[NH+](C)C)C(=O)NCCC[NH+](C)C. The van der Waals surface area contributed by atoms with E-state index in [-0.39, 0.29) is 23.7 Å². The lowest BCUT2D eigenvalue weighted by Crippen LogP contribution is -3.05. The van der Waals surface area contributed by atoms with E-state index in [1.54, 1.807) is 0 Å². The van der Waals surface area contributed by atoms with E-state index in [1.165, 1.54) is 9.80 Å². The van der Waals surface area contributed by atoms with Gasteiger partial charge in [0.05, 0.1) is 41.3 Å². The lowest BCUT2D eigenvalue weighted by molar-refractivity contribution is -0.858. The van der Waals surface area contributed by atoms with Crippen LogP contribution in [-0.2, 0) is 9.59 Å². The van der Waals surface area contributed by atoms with Gasteiger partial charge in [0.15, 0.2) is 0 Å². The van der Waals surface area contributed by atoms with Crippen LogP contribution in [0.4, 0.5) is 0 Å². The molecule has 6 heteroatoms. The summed E-state index contributed by atoms with van der Waals surface area (Å²) in [6.07, 6.45) is 3.35. The molecule has 2 atom stereocenters. The van der Waals surface area contributed by atoms with E-state index in [1.807, 2.05) is 13.8 Å². The topological polar surface area (TPSA) is 67.1 Å². The van der Waals surface area contributed by atoms with Gasteiger partial charge in [-0.1, -0.05) is 13.8 Å². The second-order valence-electron chi connectivity index (χ2n) is 7.45. The molecule has 0 radical (unpaired) electrons. The Bertz CT molecular complexity index is 359. The first kappa shape index (κ1) is 22.9. The predicted octanol–water partition coefficient (Wildman–Crippen LogP) is -1.66. The molecule has 1 unspecified atom stereocenters. The zero-order chi connectivity index (χ0) is 18.5. The summed E-state index contributed by atoms with van der Waals surface area (Å²) in [5.74, 6) is -0.0596. The van der Waals surface area contributed by atoms with Crippen LogP contribution in [0.3, 0.4) is 0 Å². The summed E-state index contributed by atoms with van der Waals surface area (Å²) in [6, 6.07) is 0. The second-order valence-corrected chi connectivity index (χ2v) is 7.45. The summed E-state index contributed by atoms with van der Waals surface area (Å²) in [6.45, 7) is 7.45. The van der Waals surface area contributed by atoms with E-state index in [4.69, 9.17) is 0 Å². The van der Waals surface area contributed by atoms with Crippen molar-refractivity contribution >= 4 is 11.8 Å². The fourth-order valence-corrected chi connectivity index (χ4v) is 2.62. The monoisotopic (exact) mass is 344 g/mol. The highest BCUT2D eigenvalue weighted by Gasteiger charge is 2.22. The number of rotatable bonds is 13. The Balaban J connectivity index is 4.09. The van der Waals surface area contributed by atoms with Crippen molar-refractivity contribution in [3.8, 4) is 0 Å². The Morgan fingerprint density at radius 3 is 1.75 bits per heavy atom. The van der Waals surface area contributed by atoms with Crippen LogP contribution in [0.15, 0.2) is 0 Å². The average molecular weight is 345 g/mol. The summed E-state index contributed by atoms with van der Waals surface area (Å²) in [5.41, 5.74) is 0. The molecular formula is C18H40N4O2+2. The Morgan fingerprint density at radius 1 is 0.875 bits per heavy atom. The quantitative estimate of drug-likeness (QED) is 0.302. The molecule has 0 fully saturated rings. The highest BCUT2D eigenvalue weighted by atomic mass is 16.2. The summed E-state index contributed by atoms with van der Waals surface area (Å²) < 4.78 is 0. The average Bonchev–Trinajstić information content (AvgIpc) is 2.52. The van der Waals surface area contributed by atoms with Gasteiger partial charge in [-0.2, -0.15) is 0 Å². The molecule has 0 aliphatic rings. The second kappa shape index (κ2) is 13.2. The summed E-state index contributed by atoms with van der Waals surface area (Å²) in [4.78, 5) is 27.2. The summed E-state index contributed by atoms with van der Waals surface area (Å²) in [7, 11) is 8.43. The van der Waals surface area contributed by atoms with Crippen molar-refractivity contribution in [3.63, 3.8) is 0 Å². The first-order valence-electron chi connectivity index (χ1n) is 9.41. The number of hydrogen-bond donors (Lipinski definition) is 4. The number of amides is 2. The maximum atomic E-state index is 12.3. The third-order valence-electron chi connectivity index (χ3n) is 4.25. The molecule has 0 heterocycles. The van der Waals surface area contributed by atoms with Crippen LogP contribution < -0.4 is 20.4 Å². The van der Waals surface area contributed by atoms with E-state index in [2.05, 4.69) is 38.8 Å². The maximum Gasteiger partial charge on any atom is 0.223 e. The normalized spacial score (nSPS) is 13.8. The highest BCUT2D eigenvalue weighted by molar-refractivity contribution is 5.81. The van der Waals surface area contributed by atoms with Gasteiger partial charge in [0.2, 0.25) is 11.8 Å². The molecule has 0 rings (SSSR count). The van der Waals surface area contributed by atoms with Gasteiger partial charge in [0, 0.05) is 37.8 Å². The van der Waals surface area contributed by atoms with Crippen LogP contribution >= 0.6 is 0 Å². The van der Waals surface area contributed by atoms with Gasteiger partial charge in [-0.05, 0) is 12.8 Å². The first-order chi connectivity index (χ1) is 11.3. The van der Waals surface area contributed by atoms with Crippen LogP contribution in [0.2, 0.25) is 0 Å². The van der Waals surface area contributed by atoms with E-state index in [0.29, 0.717) is 19.5 Å². The van der Waals surface area contributed by atoms with E-state index < -0.39 is 0 Å². The minimum atomic E-state index is -0.126. The van der Waals surface area contributed by atoms with Crippen LogP contribution in [0, 0.1) is 11.8 Å². The van der Waals surface area contributed by atoms with Gasteiger partial charge in [-0.25, -0.2) is 0 Å². The van der Waals surface area contributed by atoms with Crippen molar-refractivity contribution in [2.24, 2.45) is 11.8 Å². The molecule has 0 saturated heterocycles. The maximum absolute atomic E-state index is 12.3. The van der Waals surface area contributed by atoms with Crippen molar-refractivity contribution in [1.82, 2.24) is 10.6 Å². The van der Waals surface area contributed by atoms with E-state index in [0.717, 1.165) is 32.4 Å². The highest BCUT2D eigenvalue weighted by Crippen LogP contribution is 2.16. The lowest BCUT2D eigenvalue weighted by Gasteiger charge is -2.19. The van der Waals surface area contributed by atoms with Crippen LogP contribution in [0.1, 0.15) is 39.5 Å². The zero-order valence-corrected chi connectivity index (χ0v) is 16.6. The first-order valence-corrected chi connectivity index (χ1v) is 9.41. The molecule has 0 aromatic rings. The smallest absolute Gasteiger partial charge is 0.223 e. The number of carbonyl (C=O) groups is 2. The molecule has 0 aliphatic heterocycles. The number of quaternary nitrogens is 2. The Hall–Kier alpha value is -1.14. The molecule has 0 saturated carbocycles. The molecular weight excluding hydrogens is 304 g/mol. The number of carbonyl (C=O) groups excluding carboxylic acids is 2. The molecule has 142 valence electrons. The van der Waals surface area contributed by atoms with Gasteiger partial charge >= 0.3 is 0 Å². The third kappa shape index (κ3) is 11.4. The van der Waals surface area contributed by atoms with Crippen LogP contribution in [0.25, 0.3) is 0 Å².